The van der Waals surface area contributed by atoms with Crippen LogP contribution in [0.5, 0.6) is 5.75 Å². The minimum Gasteiger partial charge on any atom is -0.486 e. The van der Waals surface area contributed by atoms with E-state index in [1.165, 1.54) is 11.3 Å². The largest absolute Gasteiger partial charge is 0.486 e. The fraction of sp³-hybridized carbons (Fsp3) is 0.188. The number of anilines is 1. The predicted molar refractivity (Wildman–Crippen MR) is 93.9 cm³/mol. The number of thiazole rings is 1. The molecule has 0 saturated heterocycles. The molecule has 0 atom stereocenters. The molecule has 2 heterocycles. The van der Waals surface area contributed by atoms with Crippen LogP contribution in [0.3, 0.4) is 0 Å². The van der Waals surface area contributed by atoms with Gasteiger partial charge in [-0.2, -0.15) is 5.10 Å². The van der Waals surface area contributed by atoms with Gasteiger partial charge in [-0.3, -0.25) is 9.89 Å². The summed E-state index contributed by atoms with van der Waals surface area (Å²) in [5.41, 5.74) is 1.54. The molecular formula is C16H15ClN4O2S. The molecule has 0 saturated carbocycles. The molecule has 0 unspecified atom stereocenters. The Labute approximate surface area is 147 Å². The van der Waals surface area contributed by atoms with E-state index in [2.05, 4.69) is 20.5 Å². The van der Waals surface area contributed by atoms with E-state index in [1.807, 2.05) is 6.92 Å². The molecule has 2 N–H and O–H groups in total. The molecule has 0 spiro atoms. The highest BCUT2D eigenvalue weighted by Crippen LogP contribution is 2.22. The van der Waals surface area contributed by atoms with Crippen molar-refractivity contribution in [1.29, 1.82) is 0 Å². The Morgan fingerprint density at radius 1 is 1.33 bits per heavy atom. The summed E-state index contributed by atoms with van der Waals surface area (Å²) in [4.78, 5) is 17.3. The Balaban J connectivity index is 1.65. The Morgan fingerprint density at radius 2 is 2.08 bits per heavy atom. The zero-order chi connectivity index (χ0) is 17.1. The Hall–Kier alpha value is -2.38. The molecule has 2 aromatic heterocycles. The minimum absolute atomic E-state index is 0.228. The maximum absolute atomic E-state index is 12.3. The van der Waals surface area contributed by atoms with Crippen molar-refractivity contribution in [3.8, 4) is 5.75 Å². The maximum atomic E-state index is 12.3. The standard InChI is InChI=1S/C16H15ClN4O2S/c1-9-7-13(21-20-9)19-16(22)15-10(2)18-14(24-15)8-23-12-5-3-11(17)4-6-12/h3-7H,8H2,1-2H3,(H2,19,20,21,22). The number of aromatic amines is 1. The lowest BCUT2D eigenvalue weighted by Gasteiger charge is -2.03. The molecule has 8 heteroatoms. The molecule has 1 aromatic carbocycles. The third-order valence-corrected chi connectivity index (χ3v) is 4.55. The van der Waals surface area contributed by atoms with Crippen molar-refractivity contribution in [2.24, 2.45) is 0 Å². The number of nitrogens with one attached hydrogen (secondary N) is 2. The summed E-state index contributed by atoms with van der Waals surface area (Å²) in [5, 5.41) is 10.9. The van der Waals surface area contributed by atoms with Crippen LogP contribution in [-0.4, -0.2) is 21.1 Å². The quantitative estimate of drug-likeness (QED) is 0.719. The van der Waals surface area contributed by atoms with E-state index in [4.69, 9.17) is 16.3 Å². The Morgan fingerprint density at radius 3 is 2.75 bits per heavy atom. The smallest absolute Gasteiger partial charge is 0.268 e. The molecular weight excluding hydrogens is 348 g/mol. The lowest BCUT2D eigenvalue weighted by molar-refractivity contribution is 0.102. The van der Waals surface area contributed by atoms with Gasteiger partial charge in [-0.1, -0.05) is 11.6 Å². The summed E-state index contributed by atoms with van der Waals surface area (Å²) in [6.07, 6.45) is 0. The Kier molecular flexibility index (Phi) is 4.82. The first-order valence-electron chi connectivity index (χ1n) is 7.19. The van der Waals surface area contributed by atoms with Gasteiger partial charge in [0.1, 0.15) is 22.2 Å². The molecule has 3 aromatic rings. The van der Waals surface area contributed by atoms with E-state index in [0.29, 0.717) is 33.8 Å². The van der Waals surface area contributed by atoms with Crippen molar-refractivity contribution >= 4 is 34.7 Å². The molecule has 0 radical (unpaired) electrons. The van der Waals surface area contributed by atoms with Crippen molar-refractivity contribution in [3.63, 3.8) is 0 Å². The maximum Gasteiger partial charge on any atom is 0.268 e. The number of rotatable bonds is 5. The van der Waals surface area contributed by atoms with Crippen LogP contribution >= 0.6 is 22.9 Å². The summed E-state index contributed by atoms with van der Waals surface area (Å²) >= 11 is 7.14. The second-order valence-electron chi connectivity index (χ2n) is 5.16. The van der Waals surface area contributed by atoms with Gasteiger partial charge in [-0.25, -0.2) is 4.98 Å². The van der Waals surface area contributed by atoms with Crippen molar-refractivity contribution in [2.75, 3.05) is 5.32 Å². The fourth-order valence-corrected chi connectivity index (χ4v) is 3.05. The molecule has 0 fully saturated rings. The SMILES string of the molecule is Cc1cc(NC(=O)c2sc(COc3ccc(Cl)cc3)nc2C)n[nH]1. The number of H-pyrrole nitrogens is 1. The zero-order valence-corrected chi connectivity index (χ0v) is 14.7. The number of amides is 1. The van der Waals surface area contributed by atoms with Gasteiger partial charge < -0.3 is 10.1 Å². The number of carbonyl (C=O) groups is 1. The molecule has 0 aliphatic heterocycles. The highest BCUT2D eigenvalue weighted by atomic mass is 35.5. The highest BCUT2D eigenvalue weighted by Gasteiger charge is 2.16. The second kappa shape index (κ2) is 7.02. The van der Waals surface area contributed by atoms with E-state index in [9.17, 15) is 4.79 Å². The highest BCUT2D eigenvalue weighted by molar-refractivity contribution is 7.13. The number of ether oxygens (including phenoxy) is 1. The van der Waals surface area contributed by atoms with Crippen LogP contribution in [0.15, 0.2) is 30.3 Å². The molecule has 24 heavy (non-hydrogen) atoms. The van der Waals surface area contributed by atoms with Gasteiger partial charge in [0.25, 0.3) is 5.91 Å². The molecule has 1 amide bonds. The van der Waals surface area contributed by atoms with Crippen LogP contribution < -0.4 is 10.1 Å². The van der Waals surface area contributed by atoms with Gasteiger partial charge in [0.05, 0.1) is 5.69 Å². The predicted octanol–water partition coefficient (Wildman–Crippen LogP) is 3.97. The number of halogens is 1. The monoisotopic (exact) mass is 362 g/mol. The summed E-state index contributed by atoms with van der Waals surface area (Å²) in [7, 11) is 0. The van der Waals surface area contributed by atoms with Crippen molar-refractivity contribution in [2.45, 2.75) is 20.5 Å². The van der Waals surface area contributed by atoms with E-state index < -0.39 is 0 Å². The second-order valence-corrected chi connectivity index (χ2v) is 6.68. The third-order valence-electron chi connectivity index (χ3n) is 3.17. The molecule has 0 aliphatic rings. The number of hydrogen-bond donors (Lipinski definition) is 2. The fourth-order valence-electron chi connectivity index (χ4n) is 2.06. The molecule has 6 nitrogen and oxygen atoms in total. The van der Waals surface area contributed by atoms with Crippen LogP contribution in [0.4, 0.5) is 5.82 Å². The lowest BCUT2D eigenvalue weighted by atomic mass is 10.3. The van der Waals surface area contributed by atoms with Crippen LogP contribution in [0.2, 0.25) is 5.02 Å². The first kappa shape index (κ1) is 16.5. The molecule has 0 bridgehead atoms. The minimum atomic E-state index is -0.228. The van der Waals surface area contributed by atoms with Gasteiger partial charge in [0.2, 0.25) is 0 Å². The summed E-state index contributed by atoms with van der Waals surface area (Å²) in [6, 6.07) is 8.86. The summed E-state index contributed by atoms with van der Waals surface area (Å²) < 4.78 is 5.66. The van der Waals surface area contributed by atoms with Crippen molar-refractivity contribution in [1.82, 2.24) is 15.2 Å². The van der Waals surface area contributed by atoms with Crippen molar-refractivity contribution in [3.05, 3.63) is 56.6 Å². The van der Waals surface area contributed by atoms with Crippen LogP contribution in [0, 0.1) is 13.8 Å². The topological polar surface area (TPSA) is 79.9 Å². The van der Waals surface area contributed by atoms with Crippen LogP contribution in [0.25, 0.3) is 0 Å². The van der Waals surface area contributed by atoms with Gasteiger partial charge in [-0.05, 0) is 38.1 Å². The van der Waals surface area contributed by atoms with Gasteiger partial charge in [-0.15, -0.1) is 11.3 Å². The third kappa shape index (κ3) is 3.93. The number of benzene rings is 1. The summed E-state index contributed by atoms with van der Waals surface area (Å²) in [6.45, 7) is 3.96. The van der Waals surface area contributed by atoms with Gasteiger partial charge in [0, 0.05) is 16.8 Å². The zero-order valence-electron chi connectivity index (χ0n) is 13.1. The first-order valence-corrected chi connectivity index (χ1v) is 8.39. The van der Waals surface area contributed by atoms with E-state index in [0.717, 1.165) is 10.7 Å². The van der Waals surface area contributed by atoms with E-state index in [-0.39, 0.29) is 5.91 Å². The average molecular weight is 363 g/mol. The van der Waals surface area contributed by atoms with E-state index >= 15 is 0 Å². The number of aryl methyl sites for hydroxylation is 2. The molecule has 124 valence electrons. The number of carbonyl (C=O) groups excluding carboxylic acids is 1. The number of nitrogens with zero attached hydrogens (tertiary/aromatic N) is 2. The van der Waals surface area contributed by atoms with Crippen LogP contribution in [0.1, 0.15) is 26.1 Å². The molecule has 3 rings (SSSR count). The first-order chi connectivity index (χ1) is 11.5. The summed E-state index contributed by atoms with van der Waals surface area (Å²) in [5.74, 6) is 0.962. The van der Waals surface area contributed by atoms with Crippen LogP contribution in [-0.2, 0) is 6.61 Å². The average Bonchev–Trinajstić information content (AvgIpc) is 3.12. The van der Waals surface area contributed by atoms with Gasteiger partial charge in [0.15, 0.2) is 5.82 Å². The number of aromatic nitrogens is 3. The Bertz CT molecular complexity index is 857. The van der Waals surface area contributed by atoms with E-state index in [1.54, 1.807) is 37.3 Å². The van der Waals surface area contributed by atoms with Gasteiger partial charge >= 0.3 is 0 Å². The lowest BCUT2D eigenvalue weighted by Crippen LogP contribution is -2.11. The number of hydrogen-bond acceptors (Lipinski definition) is 5. The van der Waals surface area contributed by atoms with Crippen molar-refractivity contribution < 1.29 is 9.53 Å². The molecule has 0 aliphatic carbocycles. The normalized spacial score (nSPS) is 10.6.